The van der Waals surface area contributed by atoms with Crippen molar-refractivity contribution in [3.05, 3.63) is 34.9 Å². The van der Waals surface area contributed by atoms with Crippen LogP contribution in [-0.2, 0) is 6.54 Å². The average Bonchev–Trinajstić information content (AvgIpc) is 2.86. The molecule has 102 valence electrons. The Morgan fingerprint density at radius 1 is 1.47 bits per heavy atom. The summed E-state index contributed by atoms with van der Waals surface area (Å²) in [7, 11) is 0. The van der Waals surface area contributed by atoms with Gasteiger partial charge in [0.25, 0.3) is 0 Å². The van der Waals surface area contributed by atoms with Crippen LogP contribution >= 0.6 is 0 Å². The van der Waals surface area contributed by atoms with Gasteiger partial charge in [-0.1, -0.05) is 6.07 Å². The Bertz CT molecular complexity index is 464. The lowest BCUT2D eigenvalue weighted by Crippen LogP contribution is -2.29. The molecule has 0 aromatic heterocycles. The molecule has 3 heteroatoms. The molecule has 1 heterocycles. The monoisotopic (exact) mass is 258 g/mol. The quantitative estimate of drug-likeness (QED) is 0.883. The van der Waals surface area contributed by atoms with E-state index < -0.39 is 0 Å². The van der Waals surface area contributed by atoms with E-state index in [-0.39, 0.29) is 0 Å². The van der Waals surface area contributed by atoms with Crippen LogP contribution in [0.25, 0.3) is 0 Å². The van der Waals surface area contributed by atoms with E-state index in [0.29, 0.717) is 12.6 Å². The highest BCUT2D eigenvalue weighted by molar-refractivity contribution is 5.37. The Morgan fingerprint density at radius 3 is 3.00 bits per heavy atom. The summed E-state index contributed by atoms with van der Waals surface area (Å²) in [5.41, 5.74) is 3.25. The van der Waals surface area contributed by atoms with Crippen molar-refractivity contribution < 1.29 is 5.11 Å². The molecule has 1 aromatic carbocycles. The molecule has 19 heavy (non-hydrogen) atoms. The molecule has 1 fully saturated rings. The van der Waals surface area contributed by atoms with Crippen LogP contribution in [-0.4, -0.2) is 29.2 Å². The number of aryl methyl sites for hydroxylation is 1. The van der Waals surface area contributed by atoms with Crippen molar-refractivity contribution >= 4 is 0 Å². The molecule has 0 aliphatic carbocycles. The van der Waals surface area contributed by atoms with Gasteiger partial charge in [-0.3, -0.25) is 4.90 Å². The highest BCUT2D eigenvalue weighted by Crippen LogP contribution is 2.24. The van der Waals surface area contributed by atoms with Gasteiger partial charge in [0.1, 0.15) is 0 Å². The lowest BCUT2D eigenvalue weighted by Gasteiger charge is -2.25. The fourth-order valence-corrected chi connectivity index (χ4v) is 2.92. The molecule has 1 unspecified atom stereocenters. The third-order valence-electron chi connectivity index (χ3n) is 4.04. The van der Waals surface area contributed by atoms with Gasteiger partial charge in [0.2, 0.25) is 0 Å². The van der Waals surface area contributed by atoms with Gasteiger partial charge >= 0.3 is 0 Å². The topological polar surface area (TPSA) is 47.3 Å². The van der Waals surface area contributed by atoms with Gasteiger partial charge in [-0.15, -0.1) is 0 Å². The van der Waals surface area contributed by atoms with E-state index in [2.05, 4.69) is 24.0 Å². The molecule has 0 spiro atoms. The second kappa shape index (κ2) is 6.70. The fraction of sp³-hybridized carbons (Fsp3) is 0.562. The molecule has 1 aliphatic heterocycles. The first-order valence-corrected chi connectivity index (χ1v) is 7.09. The third-order valence-corrected chi connectivity index (χ3v) is 4.04. The van der Waals surface area contributed by atoms with Crippen molar-refractivity contribution in [3.8, 4) is 6.07 Å². The van der Waals surface area contributed by atoms with E-state index in [1.807, 2.05) is 12.1 Å². The molecule has 2 rings (SSSR count). The predicted molar refractivity (Wildman–Crippen MR) is 75.6 cm³/mol. The molecule has 1 aliphatic rings. The first kappa shape index (κ1) is 14.0. The number of nitriles is 1. The maximum absolute atomic E-state index is 8.96. The van der Waals surface area contributed by atoms with E-state index in [1.165, 1.54) is 24.0 Å². The summed E-state index contributed by atoms with van der Waals surface area (Å²) in [6, 6.07) is 8.75. The molecule has 0 bridgehead atoms. The predicted octanol–water partition coefficient (Wildman–Crippen LogP) is 2.60. The third kappa shape index (κ3) is 3.56. The Balaban J connectivity index is 2.02. The first-order valence-electron chi connectivity index (χ1n) is 7.09. The number of hydrogen-bond donors (Lipinski definition) is 1. The van der Waals surface area contributed by atoms with Crippen LogP contribution in [0.3, 0.4) is 0 Å². The molecule has 1 N–H and O–H groups in total. The number of benzene rings is 1. The van der Waals surface area contributed by atoms with Crippen LogP contribution in [0.2, 0.25) is 0 Å². The van der Waals surface area contributed by atoms with Crippen molar-refractivity contribution in [2.45, 2.75) is 45.2 Å². The fourth-order valence-electron chi connectivity index (χ4n) is 2.92. The number of aliphatic hydroxyl groups is 1. The zero-order valence-corrected chi connectivity index (χ0v) is 11.6. The number of nitrogens with zero attached hydrogens (tertiary/aromatic N) is 2. The van der Waals surface area contributed by atoms with Gasteiger partial charge in [-0.2, -0.15) is 5.26 Å². The second-order valence-corrected chi connectivity index (χ2v) is 5.39. The highest BCUT2D eigenvalue weighted by Gasteiger charge is 2.24. The van der Waals surface area contributed by atoms with Crippen LogP contribution in [0.5, 0.6) is 0 Å². The minimum Gasteiger partial charge on any atom is -0.396 e. The number of likely N-dealkylation sites (tertiary alicyclic amines) is 1. The molecule has 1 aromatic rings. The van der Waals surface area contributed by atoms with Crippen molar-refractivity contribution in [2.75, 3.05) is 13.2 Å². The van der Waals surface area contributed by atoms with Crippen molar-refractivity contribution in [1.82, 2.24) is 4.90 Å². The smallest absolute Gasteiger partial charge is 0.0991 e. The highest BCUT2D eigenvalue weighted by atomic mass is 16.2. The Kier molecular flexibility index (Phi) is 4.95. The van der Waals surface area contributed by atoms with E-state index in [1.54, 1.807) is 0 Å². The zero-order valence-electron chi connectivity index (χ0n) is 11.6. The summed E-state index contributed by atoms with van der Waals surface area (Å²) < 4.78 is 0. The summed E-state index contributed by atoms with van der Waals surface area (Å²) in [4.78, 5) is 2.52. The zero-order chi connectivity index (χ0) is 13.7. The summed E-state index contributed by atoms with van der Waals surface area (Å²) in [6.07, 6.45) is 4.49. The number of rotatable bonds is 5. The number of aliphatic hydroxyl groups excluding tert-OH is 1. The van der Waals surface area contributed by atoms with Gasteiger partial charge in [0, 0.05) is 19.2 Å². The maximum Gasteiger partial charge on any atom is 0.0991 e. The molecular formula is C16H22N2O. The van der Waals surface area contributed by atoms with Gasteiger partial charge in [-0.05, 0) is 62.4 Å². The lowest BCUT2D eigenvalue weighted by molar-refractivity contribution is 0.210. The summed E-state index contributed by atoms with van der Waals surface area (Å²) in [5.74, 6) is 0. The van der Waals surface area contributed by atoms with Crippen LogP contribution in [0, 0.1) is 18.3 Å². The van der Waals surface area contributed by atoms with Crippen molar-refractivity contribution in [1.29, 1.82) is 5.26 Å². The Labute approximate surface area is 115 Å². The Morgan fingerprint density at radius 2 is 2.32 bits per heavy atom. The molecular weight excluding hydrogens is 236 g/mol. The van der Waals surface area contributed by atoms with Gasteiger partial charge in [-0.25, -0.2) is 0 Å². The Hall–Kier alpha value is -1.37. The number of hydrogen-bond acceptors (Lipinski definition) is 3. The first-order chi connectivity index (χ1) is 9.24. The van der Waals surface area contributed by atoms with Crippen molar-refractivity contribution in [3.63, 3.8) is 0 Å². The molecule has 1 saturated heterocycles. The standard InChI is InChI=1S/C16H22N2O/c1-13-10-14(11-17)6-7-15(13)12-18-8-2-4-16(18)5-3-9-19/h6-7,10,16,19H,2-5,8-9,12H2,1H3. The van der Waals surface area contributed by atoms with Crippen LogP contribution in [0.1, 0.15) is 42.4 Å². The molecule has 1 atom stereocenters. The van der Waals surface area contributed by atoms with E-state index >= 15 is 0 Å². The maximum atomic E-state index is 8.96. The normalized spacial score (nSPS) is 19.5. The van der Waals surface area contributed by atoms with Crippen LogP contribution < -0.4 is 0 Å². The molecule has 0 radical (unpaired) electrons. The molecule has 0 amide bonds. The van der Waals surface area contributed by atoms with Crippen molar-refractivity contribution in [2.24, 2.45) is 0 Å². The van der Waals surface area contributed by atoms with E-state index in [4.69, 9.17) is 10.4 Å². The summed E-state index contributed by atoms with van der Waals surface area (Å²) in [6.45, 7) is 4.48. The lowest BCUT2D eigenvalue weighted by atomic mass is 10.0. The molecule has 3 nitrogen and oxygen atoms in total. The van der Waals surface area contributed by atoms with Gasteiger partial charge in [0.05, 0.1) is 11.6 Å². The van der Waals surface area contributed by atoms with Gasteiger partial charge in [0.15, 0.2) is 0 Å². The van der Waals surface area contributed by atoms with E-state index in [0.717, 1.165) is 31.5 Å². The average molecular weight is 258 g/mol. The van der Waals surface area contributed by atoms with Crippen LogP contribution in [0.15, 0.2) is 18.2 Å². The summed E-state index contributed by atoms with van der Waals surface area (Å²) >= 11 is 0. The minimum atomic E-state index is 0.292. The SMILES string of the molecule is Cc1cc(C#N)ccc1CN1CCCC1CCCO. The minimum absolute atomic E-state index is 0.292. The summed E-state index contributed by atoms with van der Waals surface area (Å²) in [5, 5.41) is 17.8. The van der Waals surface area contributed by atoms with Crippen LogP contribution in [0.4, 0.5) is 0 Å². The second-order valence-electron chi connectivity index (χ2n) is 5.39. The van der Waals surface area contributed by atoms with E-state index in [9.17, 15) is 0 Å². The molecule has 0 saturated carbocycles. The largest absolute Gasteiger partial charge is 0.396 e. The van der Waals surface area contributed by atoms with Gasteiger partial charge < -0.3 is 5.11 Å².